The molecule has 1 aromatic carbocycles. The average Bonchev–Trinajstić information content (AvgIpc) is 2.94. The highest BCUT2D eigenvalue weighted by atomic mass is 16.5. The molecule has 2 saturated heterocycles. The molecule has 0 aromatic heterocycles. The Morgan fingerprint density at radius 1 is 1.40 bits per heavy atom. The highest BCUT2D eigenvalue weighted by Gasteiger charge is 2.45. The van der Waals surface area contributed by atoms with Crippen molar-refractivity contribution < 1.29 is 9.53 Å². The van der Waals surface area contributed by atoms with E-state index in [-0.39, 0.29) is 5.41 Å². The molecule has 1 spiro atoms. The van der Waals surface area contributed by atoms with E-state index in [1.54, 1.807) is 7.11 Å². The number of likely N-dealkylation sites (tertiary alicyclic amines) is 1. The quantitative estimate of drug-likeness (QED) is 0.914. The van der Waals surface area contributed by atoms with Crippen LogP contribution in [0.15, 0.2) is 24.3 Å². The van der Waals surface area contributed by atoms with Gasteiger partial charge in [0.1, 0.15) is 5.75 Å². The van der Waals surface area contributed by atoms with E-state index in [1.807, 2.05) is 23.1 Å². The van der Waals surface area contributed by atoms with E-state index < -0.39 is 0 Å². The topological polar surface area (TPSA) is 41.6 Å². The smallest absolute Gasteiger partial charge is 0.230 e. The Balaban J connectivity index is 1.74. The van der Waals surface area contributed by atoms with Crippen LogP contribution in [-0.2, 0) is 11.3 Å². The van der Waals surface area contributed by atoms with Crippen molar-refractivity contribution in [2.75, 3.05) is 26.7 Å². The van der Waals surface area contributed by atoms with Crippen LogP contribution in [0.3, 0.4) is 0 Å². The van der Waals surface area contributed by atoms with Gasteiger partial charge >= 0.3 is 0 Å². The molecule has 0 saturated carbocycles. The number of hydrogen-bond acceptors (Lipinski definition) is 3. The predicted octanol–water partition coefficient (Wildman–Crippen LogP) is 1.80. The summed E-state index contributed by atoms with van der Waals surface area (Å²) in [7, 11) is 1.67. The maximum absolute atomic E-state index is 12.8. The van der Waals surface area contributed by atoms with E-state index in [4.69, 9.17) is 4.74 Å². The Bertz CT molecular complexity index is 495. The van der Waals surface area contributed by atoms with Crippen molar-refractivity contribution in [1.82, 2.24) is 10.2 Å². The Morgan fingerprint density at radius 3 is 3.05 bits per heavy atom. The SMILES string of the molecule is COc1cccc(CN2CCCC3(CCNC3)C2=O)c1. The van der Waals surface area contributed by atoms with E-state index in [0.717, 1.165) is 50.2 Å². The molecule has 0 radical (unpaired) electrons. The standard InChI is InChI=1S/C16H22N2O2/c1-20-14-5-2-4-13(10-14)11-18-9-3-6-16(15(18)19)7-8-17-12-16/h2,4-5,10,17H,3,6-9,11-12H2,1H3. The molecule has 20 heavy (non-hydrogen) atoms. The fraction of sp³-hybridized carbons (Fsp3) is 0.562. The summed E-state index contributed by atoms with van der Waals surface area (Å²) in [4.78, 5) is 14.8. The van der Waals surface area contributed by atoms with Crippen molar-refractivity contribution >= 4 is 5.91 Å². The van der Waals surface area contributed by atoms with Crippen LogP contribution in [0.4, 0.5) is 0 Å². The Morgan fingerprint density at radius 2 is 2.30 bits per heavy atom. The van der Waals surface area contributed by atoms with Gasteiger partial charge in [0.25, 0.3) is 0 Å². The number of benzene rings is 1. The highest BCUT2D eigenvalue weighted by molar-refractivity contribution is 5.84. The van der Waals surface area contributed by atoms with Gasteiger partial charge in [-0.3, -0.25) is 4.79 Å². The minimum Gasteiger partial charge on any atom is -0.497 e. The molecule has 1 N–H and O–H groups in total. The number of ether oxygens (including phenoxy) is 1. The fourth-order valence-electron chi connectivity index (χ4n) is 3.43. The van der Waals surface area contributed by atoms with E-state index in [2.05, 4.69) is 11.4 Å². The van der Waals surface area contributed by atoms with Crippen molar-refractivity contribution in [3.8, 4) is 5.75 Å². The lowest BCUT2D eigenvalue weighted by molar-refractivity contribution is -0.145. The molecule has 1 atom stereocenters. The second-order valence-electron chi connectivity index (χ2n) is 5.89. The van der Waals surface area contributed by atoms with Gasteiger partial charge in [0, 0.05) is 19.6 Å². The zero-order valence-electron chi connectivity index (χ0n) is 12.0. The normalized spacial score (nSPS) is 26.2. The monoisotopic (exact) mass is 274 g/mol. The third-order valence-electron chi connectivity index (χ3n) is 4.58. The molecule has 0 bridgehead atoms. The molecule has 2 fully saturated rings. The minimum absolute atomic E-state index is 0.128. The van der Waals surface area contributed by atoms with Crippen LogP contribution in [0.2, 0.25) is 0 Å². The number of rotatable bonds is 3. The van der Waals surface area contributed by atoms with Crippen LogP contribution >= 0.6 is 0 Å². The maximum atomic E-state index is 12.8. The molecule has 0 aliphatic carbocycles. The summed E-state index contributed by atoms with van der Waals surface area (Å²) in [5, 5.41) is 3.35. The number of methoxy groups -OCH3 is 1. The largest absolute Gasteiger partial charge is 0.497 e. The second kappa shape index (κ2) is 5.44. The summed E-state index contributed by atoms with van der Waals surface area (Å²) in [5.74, 6) is 1.18. The Labute approximate surface area is 120 Å². The third kappa shape index (κ3) is 2.40. The molecule has 1 amide bonds. The molecule has 3 rings (SSSR count). The van der Waals surface area contributed by atoms with E-state index in [1.165, 1.54) is 0 Å². The van der Waals surface area contributed by atoms with Gasteiger partial charge in [-0.25, -0.2) is 0 Å². The lowest BCUT2D eigenvalue weighted by atomic mass is 9.78. The molecule has 2 aliphatic heterocycles. The summed E-state index contributed by atoms with van der Waals surface area (Å²) >= 11 is 0. The first-order valence-electron chi connectivity index (χ1n) is 7.37. The molecule has 2 heterocycles. The van der Waals surface area contributed by atoms with Crippen LogP contribution in [0.1, 0.15) is 24.8 Å². The zero-order valence-corrected chi connectivity index (χ0v) is 12.0. The van der Waals surface area contributed by atoms with Gasteiger partial charge < -0.3 is 15.0 Å². The number of piperidine rings is 1. The van der Waals surface area contributed by atoms with Crippen LogP contribution in [-0.4, -0.2) is 37.6 Å². The fourth-order valence-corrected chi connectivity index (χ4v) is 3.43. The van der Waals surface area contributed by atoms with Gasteiger partial charge in [0.2, 0.25) is 5.91 Å². The lowest BCUT2D eigenvalue weighted by Gasteiger charge is -2.39. The van der Waals surface area contributed by atoms with Crippen molar-refractivity contribution in [2.24, 2.45) is 5.41 Å². The van der Waals surface area contributed by atoms with Gasteiger partial charge in [0.15, 0.2) is 0 Å². The Kier molecular flexibility index (Phi) is 3.66. The number of nitrogens with zero attached hydrogens (tertiary/aromatic N) is 1. The predicted molar refractivity (Wildman–Crippen MR) is 77.6 cm³/mol. The van der Waals surface area contributed by atoms with Crippen molar-refractivity contribution in [1.29, 1.82) is 0 Å². The van der Waals surface area contributed by atoms with Gasteiger partial charge in [-0.1, -0.05) is 12.1 Å². The van der Waals surface area contributed by atoms with E-state index in [9.17, 15) is 4.79 Å². The molecule has 4 nitrogen and oxygen atoms in total. The van der Waals surface area contributed by atoms with E-state index in [0.29, 0.717) is 12.5 Å². The third-order valence-corrected chi connectivity index (χ3v) is 4.58. The molecular formula is C16H22N2O2. The van der Waals surface area contributed by atoms with Crippen LogP contribution in [0.5, 0.6) is 5.75 Å². The minimum atomic E-state index is -0.128. The number of nitrogens with one attached hydrogen (secondary N) is 1. The van der Waals surface area contributed by atoms with Gasteiger partial charge in [-0.05, 0) is 43.5 Å². The Hall–Kier alpha value is -1.55. The summed E-state index contributed by atoms with van der Waals surface area (Å²) in [6, 6.07) is 7.99. The number of amides is 1. The van der Waals surface area contributed by atoms with Crippen LogP contribution in [0.25, 0.3) is 0 Å². The molecule has 2 aliphatic rings. The van der Waals surface area contributed by atoms with Gasteiger partial charge in [-0.15, -0.1) is 0 Å². The summed E-state index contributed by atoms with van der Waals surface area (Å²) in [5.41, 5.74) is 1.01. The van der Waals surface area contributed by atoms with Crippen molar-refractivity contribution in [3.05, 3.63) is 29.8 Å². The molecule has 1 unspecified atom stereocenters. The van der Waals surface area contributed by atoms with Crippen LogP contribution in [0, 0.1) is 5.41 Å². The average molecular weight is 274 g/mol. The maximum Gasteiger partial charge on any atom is 0.230 e. The lowest BCUT2D eigenvalue weighted by Crippen LogP contribution is -2.49. The second-order valence-corrected chi connectivity index (χ2v) is 5.89. The molecular weight excluding hydrogens is 252 g/mol. The van der Waals surface area contributed by atoms with Crippen molar-refractivity contribution in [2.45, 2.75) is 25.8 Å². The first-order valence-corrected chi connectivity index (χ1v) is 7.37. The first-order chi connectivity index (χ1) is 9.73. The number of carbonyl (C=O) groups is 1. The summed E-state index contributed by atoms with van der Waals surface area (Å²) < 4.78 is 5.25. The molecule has 4 heteroatoms. The summed E-state index contributed by atoms with van der Waals surface area (Å²) in [6.45, 7) is 3.38. The van der Waals surface area contributed by atoms with Gasteiger partial charge in [-0.2, -0.15) is 0 Å². The zero-order chi connectivity index (χ0) is 14.0. The number of carbonyl (C=O) groups excluding carboxylic acids is 1. The summed E-state index contributed by atoms with van der Waals surface area (Å²) in [6.07, 6.45) is 3.13. The van der Waals surface area contributed by atoms with Crippen LogP contribution < -0.4 is 10.1 Å². The van der Waals surface area contributed by atoms with E-state index >= 15 is 0 Å². The molecule has 108 valence electrons. The number of hydrogen-bond donors (Lipinski definition) is 1. The molecule has 1 aromatic rings. The first kappa shape index (κ1) is 13.4. The van der Waals surface area contributed by atoms with Gasteiger partial charge in [0.05, 0.1) is 12.5 Å². The highest BCUT2D eigenvalue weighted by Crippen LogP contribution is 2.37. The van der Waals surface area contributed by atoms with Crippen molar-refractivity contribution in [3.63, 3.8) is 0 Å².